The number of carbonyl (C=O) groups is 1. The molecule has 0 heterocycles. The number of anilines is 1. The summed E-state index contributed by atoms with van der Waals surface area (Å²) in [6, 6.07) is 10.6. The van der Waals surface area contributed by atoms with Crippen LogP contribution in [0.3, 0.4) is 0 Å². The molecule has 2 aromatic carbocycles. The van der Waals surface area contributed by atoms with Gasteiger partial charge in [-0.2, -0.15) is 5.26 Å². The number of nitrogens with zero attached hydrogens (tertiary/aromatic N) is 1. The number of benzene rings is 2. The second-order valence-corrected chi connectivity index (χ2v) is 7.65. The zero-order chi connectivity index (χ0) is 23.1. The molecular formula is C24H28N2O6. The molecule has 0 radical (unpaired) electrons. The van der Waals surface area contributed by atoms with Gasteiger partial charge < -0.3 is 29.4 Å². The number of methoxy groups -OCH3 is 3. The minimum absolute atomic E-state index is 0.00000888. The van der Waals surface area contributed by atoms with Gasteiger partial charge in [0.15, 0.2) is 11.5 Å². The maximum absolute atomic E-state index is 12.6. The first-order valence-corrected chi connectivity index (χ1v) is 10.5. The smallest absolute Gasteiger partial charge is 0.315 e. The van der Waals surface area contributed by atoms with Crippen LogP contribution < -0.4 is 24.3 Å². The maximum Gasteiger partial charge on any atom is 0.315 e. The number of nitrogens with one attached hydrogen (secondary N) is 1. The molecule has 0 aromatic heterocycles. The average Bonchev–Trinajstić information content (AvgIpc) is 2.80. The van der Waals surface area contributed by atoms with Crippen LogP contribution in [0.4, 0.5) is 5.69 Å². The van der Waals surface area contributed by atoms with E-state index in [0.29, 0.717) is 39.8 Å². The number of aliphatic hydroxyl groups excluding tert-OH is 1. The average molecular weight is 440 g/mol. The van der Waals surface area contributed by atoms with Gasteiger partial charge in [0.25, 0.3) is 0 Å². The van der Waals surface area contributed by atoms with Crippen LogP contribution in [0, 0.1) is 11.3 Å². The van der Waals surface area contributed by atoms with Crippen LogP contribution in [-0.4, -0.2) is 44.6 Å². The van der Waals surface area contributed by atoms with Gasteiger partial charge in [0, 0.05) is 12.1 Å². The van der Waals surface area contributed by atoms with Crippen molar-refractivity contribution in [3.8, 4) is 29.1 Å². The number of aliphatic hydroxyl groups is 1. The molecule has 3 rings (SSSR count). The van der Waals surface area contributed by atoms with Crippen LogP contribution in [0.25, 0.3) is 0 Å². The van der Waals surface area contributed by atoms with E-state index < -0.39 is 5.97 Å². The first-order valence-electron chi connectivity index (χ1n) is 10.5. The standard InChI is InChI=1S/C24H28N2O6/c1-29-21-10-15(11-22(30-2)24(21)31-3)12-23(28)32-19-9-4-16(14-25)20(13-19)26-17-5-7-18(27)8-6-17/h4,9-11,13,17-18,26-27H,5-8,12H2,1-3H3. The lowest BCUT2D eigenvalue weighted by Gasteiger charge is -2.27. The number of carbonyl (C=O) groups excluding carboxylic acids is 1. The second-order valence-electron chi connectivity index (χ2n) is 7.65. The Kier molecular flexibility index (Phi) is 7.79. The van der Waals surface area contributed by atoms with Crippen molar-refractivity contribution in [3.63, 3.8) is 0 Å². The zero-order valence-electron chi connectivity index (χ0n) is 18.5. The summed E-state index contributed by atoms with van der Waals surface area (Å²) < 4.78 is 21.5. The van der Waals surface area contributed by atoms with E-state index >= 15 is 0 Å². The highest BCUT2D eigenvalue weighted by Crippen LogP contribution is 2.38. The van der Waals surface area contributed by atoms with Gasteiger partial charge in [0.05, 0.1) is 45.1 Å². The van der Waals surface area contributed by atoms with Crippen LogP contribution in [0.5, 0.6) is 23.0 Å². The van der Waals surface area contributed by atoms with E-state index in [9.17, 15) is 15.2 Å². The predicted octanol–water partition coefficient (Wildman–Crippen LogP) is 3.45. The molecule has 0 amide bonds. The summed E-state index contributed by atoms with van der Waals surface area (Å²) in [5.41, 5.74) is 1.74. The molecule has 0 atom stereocenters. The summed E-state index contributed by atoms with van der Waals surface area (Å²) in [6.07, 6.45) is 2.83. The Morgan fingerprint density at radius 1 is 1.06 bits per heavy atom. The van der Waals surface area contributed by atoms with Crippen molar-refractivity contribution in [1.29, 1.82) is 5.26 Å². The molecule has 1 aliphatic carbocycles. The normalized spacial score (nSPS) is 17.7. The monoisotopic (exact) mass is 440 g/mol. The molecule has 8 heteroatoms. The molecule has 0 aliphatic heterocycles. The molecule has 0 spiro atoms. The van der Waals surface area contributed by atoms with Crippen molar-refractivity contribution in [2.45, 2.75) is 44.2 Å². The van der Waals surface area contributed by atoms with Gasteiger partial charge in [-0.25, -0.2) is 0 Å². The minimum atomic E-state index is -0.462. The minimum Gasteiger partial charge on any atom is -0.493 e. The number of rotatable bonds is 8. The Morgan fingerprint density at radius 2 is 1.72 bits per heavy atom. The number of hydrogen-bond acceptors (Lipinski definition) is 8. The molecule has 8 nitrogen and oxygen atoms in total. The van der Waals surface area contributed by atoms with Gasteiger partial charge in [0.1, 0.15) is 11.8 Å². The molecule has 170 valence electrons. The first-order chi connectivity index (χ1) is 15.5. The van der Waals surface area contributed by atoms with Gasteiger partial charge in [-0.05, 0) is 55.5 Å². The number of esters is 1. The molecule has 2 aromatic rings. The van der Waals surface area contributed by atoms with Crippen LogP contribution in [0.1, 0.15) is 36.8 Å². The lowest BCUT2D eigenvalue weighted by Crippen LogP contribution is -2.28. The molecule has 2 N–H and O–H groups in total. The van der Waals surface area contributed by atoms with Crippen molar-refractivity contribution in [2.24, 2.45) is 0 Å². The van der Waals surface area contributed by atoms with E-state index in [1.54, 1.807) is 30.3 Å². The molecule has 0 saturated heterocycles. The Bertz CT molecular complexity index is 967. The van der Waals surface area contributed by atoms with Crippen molar-refractivity contribution >= 4 is 11.7 Å². The molecule has 32 heavy (non-hydrogen) atoms. The summed E-state index contributed by atoms with van der Waals surface area (Å²) in [7, 11) is 4.54. The van der Waals surface area contributed by atoms with Gasteiger partial charge in [-0.1, -0.05) is 0 Å². The Balaban J connectivity index is 1.72. The third kappa shape index (κ3) is 5.62. The number of ether oxygens (including phenoxy) is 4. The number of hydrogen-bond donors (Lipinski definition) is 2. The van der Waals surface area contributed by atoms with Gasteiger partial charge in [-0.3, -0.25) is 4.79 Å². The van der Waals surface area contributed by atoms with Gasteiger partial charge in [0.2, 0.25) is 5.75 Å². The Hall–Kier alpha value is -3.44. The Morgan fingerprint density at radius 3 is 2.28 bits per heavy atom. The fourth-order valence-corrected chi connectivity index (χ4v) is 3.82. The van der Waals surface area contributed by atoms with Crippen LogP contribution >= 0.6 is 0 Å². The molecule has 1 fully saturated rings. The van der Waals surface area contributed by atoms with Crippen molar-refractivity contribution in [1.82, 2.24) is 0 Å². The summed E-state index contributed by atoms with van der Waals surface area (Å²) in [5, 5.41) is 22.5. The lowest BCUT2D eigenvalue weighted by atomic mass is 9.93. The highest BCUT2D eigenvalue weighted by atomic mass is 16.5. The van der Waals surface area contributed by atoms with Crippen molar-refractivity contribution in [2.75, 3.05) is 26.6 Å². The van der Waals surface area contributed by atoms with E-state index in [-0.39, 0.29) is 18.6 Å². The molecular weight excluding hydrogens is 412 g/mol. The van der Waals surface area contributed by atoms with Crippen LogP contribution in [0.15, 0.2) is 30.3 Å². The van der Waals surface area contributed by atoms with E-state index in [2.05, 4.69) is 11.4 Å². The third-order valence-electron chi connectivity index (χ3n) is 5.47. The van der Waals surface area contributed by atoms with Crippen molar-refractivity contribution < 1.29 is 28.8 Å². The highest BCUT2D eigenvalue weighted by Gasteiger charge is 2.21. The quantitative estimate of drug-likeness (QED) is 0.474. The molecule has 1 saturated carbocycles. The fraction of sp³-hybridized carbons (Fsp3) is 0.417. The summed E-state index contributed by atoms with van der Waals surface area (Å²) >= 11 is 0. The molecule has 1 aliphatic rings. The second kappa shape index (κ2) is 10.7. The van der Waals surface area contributed by atoms with E-state index in [0.717, 1.165) is 25.7 Å². The van der Waals surface area contributed by atoms with E-state index in [1.165, 1.54) is 21.3 Å². The lowest BCUT2D eigenvalue weighted by molar-refractivity contribution is -0.133. The van der Waals surface area contributed by atoms with Gasteiger partial charge >= 0.3 is 5.97 Å². The number of nitriles is 1. The summed E-state index contributed by atoms with van der Waals surface area (Å²) in [6.45, 7) is 0. The van der Waals surface area contributed by atoms with Crippen LogP contribution in [0.2, 0.25) is 0 Å². The largest absolute Gasteiger partial charge is 0.493 e. The predicted molar refractivity (Wildman–Crippen MR) is 118 cm³/mol. The van der Waals surface area contributed by atoms with Crippen LogP contribution in [-0.2, 0) is 11.2 Å². The molecule has 0 unspecified atom stereocenters. The molecule has 0 bridgehead atoms. The topological polar surface area (TPSA) is 110 Å². The SMILES string of the molecule is COc1cc(CC(=O)Oc2ccc(C#N)c(NC3CCC(O)CC3)c2)cc(OC)c1OC. The first kappa shape index (κ1) is 23.2. The third-order valence-corrected chi connectivity index (χ3v) is 5.47. The summed E-state index contributed by atoms with van der Waals surface area (Å²) in [4.78, 5) is 12.6. The highest BCUT2D eigenvalue weighted by molar-refractivity contribution is 5.76. The Labute approximate surface area is 187 Å². The summed E-state index contributed by atoms with van der Waals surface area (Å²) in [5.74, 6) is 1.25. The zero-order valence-corrected chi connectivity index (χ0v) is 18.5. The van der Waals surface area contributed by atoms with E-state index in [1.807, 2.05) is 0 Å². The van der Waals surface area contributed by atoms with Gasteiger partial charge in [-0.15, -0.1) is 0 Å². The van der Waals surface area contributed by atoms with Crippen molar-refractivity contribution in [3.05, 3.63) is 41.5 Å². The maximum atomic E-state index is 12.6. The van der Waals surface area contributed by atoms with E-state index in [4.69, 9.17) is 18.9 Å². The fourth-order valence-electron chi connectivity index (χ4n) is 3.82.